The fraction of sp³-hybridized carbons (Fsp3) is 0.459. The Hall–Kier alpha value is -6.04. The molecule has 9 rings (SSSR count). The van der Waals surface area contributed by atoms with E-state index >= 15 is 0 Å². The molecule has 5 fully saturated rings. The van der Waals surface area contributed by atoms with Crippen molar-refractivity contribution in [2.75, 3.05) is 67.5 Å². The summed E-state index contributed by atoms with van der Waals surface area (Å²) in [5, 5.41) is 9.92. The standard InChI is InChI=1S/C37H42N12O6/c1-21-5-8-28(33(51)41-21)49-34(52)26-7-6-24(10-27(26)35(49)53)47-14-22(15-47)13-45-18-37(19-45)20-48(36(54)55-37)25-4-3-9-46(17-25)29-12-39-30(31(38)50)32(43-29)42-23-11-40-44(2)16-23/h6-7,10-12,16,22,25,28H,1,3-5,8-9,13-15,17-20H2,2H3,(H2,38,50)(H,41,51)(H,42,43)/t25-,28+/m1/s1. The molecule has 5 amide bonds. The maximum Gasteiger partial charge on any atom is 0.410 e. The molecule has 0 bridgehead atoms. The Morgan fingerprint density at radius 1 is 1.05 bits per heavy atom. The lowest BCUT2D eigenvalue weighted by Crippen LogP contribution is -2.66. The first kappa shape index (κ1) is 34.7. The Morgan fingerprint density at radius 3 is 2.60 bits per heavy atom. The smallest absolute Gasteiger partial charge is 0.410 e. The number of imide groups is 1. The van der Waals surface area contributed by atoms with E-state index < -0.39 is 29.4 Å². The van der Waals surface area contributed by atoms with Crippen LogP contribution in [-0.4, -0.2) is 134 Å². The summed E-state index contributed by atoms with van der Waals surface area (Å²) in [6.45, 7) is 9.37. The SMILES string of the molecule is C=C1CC[C@H](N2C(=O)c3ccc(N4CC(CN5CC6(C5)CN([C@@H]5CCCN(c7cnc(C(N)=O)c(Nc8cnn(C)c8)n7)C5)C(=O)O6)C4)cc3C2=O)C(=O)N1. The van der Waals surface area contributed by atoms with E-state index in [-0.39, 0.29) is 29.6 Å². The van der Waals surface area contributed by atoms with Gasteiger partial charge < -0.3 is 30.9 Å². The number of fused-ring (bicyclic) bond motifs is 1. The lowest BCUT2D eigenvalue weighted by atomic mass is 9.89. The van der Waals surface area contributed by atoms with Crippen LogP contribution in [0, 0.1) is 5.92 Å². The van der Waals surface area contributed by atoms with Crippen LogP contribution in [0.15, 0.2) is 49.1 Å². The molecule has 18 heteroatoms. The number of aryl methyl sites for hydroxylation is 1. The number of ether oxygens (including phenoxy) is 1. The Morgan fingerprint density at radius 2 is 1.85 bits per heavy atom. The number of hydrogen-bond donors (Lipinski definition) is 3. The highest BCUT2D eigenvalue weighted by Crippen LogP contribution is 2.38. The summed E-state index contributed by atoms with van der Waals surface area (Å²) in [5.74, 6) is -0.723. The van der Waals surface area contributed by atoms with E-state index in [4.69, 9.17) is 15.5 Å². The zero-order chi connectivity index (χ0) is 38.2. The lowest BCUT2D eigenvalue weighted by Gasteiger charge is -2.50. The summed E-state index contributed by atoms with van der Waals surface area (Å²) in [7, 11) is 1.79. The Bertz CT molecular complexity index is 2140. The van der Waals surface area contributed by atoms with Crippen molar-refractivity contribution in [3.8, 4) is 0 Å². The van der Waals surface area contributed by atoms with Gasteiger partial charge in [0.2, 0.25) is 5.91 Å². The highest BCUT2D eigenvalue weighted by Gasteiger charge is 2.55. The molecule has 6 aliphatic heterocycles. The predicted molar refractivity (Wildman–Crippen MR) is 198 cm³/mol. The number of carbonyl (C=O) groups excluding carboxylic acids is 5. The number of nitrogens with zero attached hydrogens (tertiary/aromatic N) is 9. The molecule has 18 nitrogen and oxygen atoms in total. The van der Waals surface area contributed by atoms with Gasteiger partial charge in [0.25, 0.3) is 17.7 Å². The average Bonchev–Trinajstić information content (AvgIpc) is 3.78. The van der Waals surface area contributed by atoms with Gasteiger partial charge in [0.1, 0.15) is 11.9 Å². The third-order valence-corrected chi connectivity index (χ3v) is 11.5. The molecule has 0 saturated carbocycles. The van der Waals surface area contributed by atoms with Crippen molar-refractivity contribution in [3.05, 3.63) is 65.9 Å². The molecule has 286 valence electrons. The molecule has 4 N–H and O–H groups in total. The van der Waals surface area contributed by atoms with Crippen LogP contribution in [0.25, 0.3) is 0 Å². The van der Waals surface area contributed by atoms with Gasteiger partial charge in [-0.3, -0.25) is 38.6 Å². The minimum atomic E-state index is -0.836. The third-order valence-electron chi connectivity index (χ3n) is 11.5. The summed E-state index contributed by atoms with van der Waals surface area (Å²) in [6, 6.07) is 4.42. The summed E-state index contributed by atoms with van der Waals surface area (Å²) in [6.07, 6.45) is 7.18. The van der Waals surface area contributed by atoms with Gasteiger partial charge >= 0.3 is 6.09 Å². The zero-order valence-electron chi connectivity index (χ0n) is 30.4. The van der Waals surface area contributed by atoms with Crippen LogP contribution in [0.2, 0.25) is 0 Å². The van der Waals surface area contributed by atoms with Crippen molar-refractivity contribution in [2.24, 2.45) is 18.7 Å². The molecular weight excluding hydrogens is 708 g/mol. The molecule has 5 saturated heterocycles. The molecule has 2 aromatic heterocycles. The second-order valence-electron chi connectivity index (χ2n) is 15.5. The number of allylic oxidation sites excluding steroid dienone is 1. The van der Waals surface area contributed by atoms with Crippen LogP contribution in [0.1, 0.15) is 56.9 Å². The topological polar surface area (TPSA) is 204 Å². The predicted octanol–water partition coefficient (Wildman–Crippen LogP) is 1.05. The summed E-state index contributed by atoms with van der Waals surface area (Å²) >= 11 is 0. The second kappa shape index (κ2) is 13.1. The maximum absolute atomic E-state index is 13.3. The second-order valence-corrected chi connectivity index (χ2v) is 15.5. The summed E-state index contributed by atoms with van der Waals surface area (Å²) in [4.78, 5) is 83.0. The first-order chi connectivity index (χ1) is 26.4. The molecule has 0 aliphatic carbocycles. The van der Waals surface area contributed by atoms with Crippen molar-refractivity contribution in [1.82, 2.24) is 39.8 Å². The minimum absolute atomic E-state index is 0.0271. The number of nitrogens with one attached hydrogen (secondary N) is 2. The number of nitrogens with two attached hydrogens (primary N) is 1. The van der Waals surface area contributed by atoms with Gasteiger partial charge in [-0.2, -0.15) is 5.10 Å². The van der Waals surface area contributed by atoms with Gasteiger partial charge in [-0.05, 0) is 43.9 Å². The molecule has 6 aliphatic rings. The average molecular weight is 751 g/mol. The van der Waals surface area contributed by atoms with Crippen LogP contribution < -0.4 is 26.2 Å². The van der Waals surface area contributed by atoms with Crippen molar-refractivity contribution < 1.29 is 28.7 Å². The Balaban J connectivity index is 0.776. The van der Waals surface area contributed by atoms with E-state index in [0.717, 1.165) is 49.6 Å². The largest absolute Gasteiger partial charge is 0.438 e. The Kier molecular flexibility index (Phi) is 8.25. The normalized spacial score (nSPS) is 23.8. The van der Waals surface area contributed by atoms with Gasteiger partial charge in [0, 0.05) is 76.4 Å². The van der Waals surface area contributed by atoms with Gasteiger partial charge in [-0.1, -0.05) is 6.58 Å². The number of hydrogen-bond acceptors (Lipinski definition) is 13. The van der Waals surface area contributed by atoms with E-state index in [9.17, 15) is 24.0 Å². The molecule has 0 radical (unpaired) electrons. The number of rotatable bonds is 9. The van der Waals surface area contributed by atoms with Gasteiger partial charge in [0.05, 0.1) is 41.8 Å². The van der Waals surface area contributed by atoms with Gasteiger partial charge in [-0.15, -0.1) is 0 Å². The molecule has 8 heterocycles. The van der Waals surface area contributed by atoms with Crippen molar-refractivity contribution in [1.29, 1.82) is 0 Å². The van der Waals surface area contributed by atoms with E-state index in [1.807, 2.05) is 11.0 Å². The fourth-order valence-corrected chi connectivity index (χ4v) is 8.83. The molecule has 55 heavy (non-hydrogen) atoms. The number of piperidine rings is 2. The maximum atomic E-state index is 13.3. The highest BCUT2D eigenvalue weighted by atomic mass is 16.6. The number of benzene rings is 1. The number of likely N-dealkylation sites (tertiary alicyclic amines) is 1. The first-order valence-electron chi connectivity index (χ1n) is 18.6. The van der Waals surface area contributed by atoms with E-state index in [1.165, 1.54) is 0 Å². The summed E-state index contributed by atoms with van der Waals surface area (Å²) < 4.78 is 7.66. The molecule has 2 atom stereocenters. The number of amides is 5. The molecular formula is C37H42N12O6. The van der Waals surface area contributed by atoms with Gasteiger partial charge in [0.15, 0.2) is 17.1 Å². The summed E-state index contributed by atoms with van der Waals surface area (Å²) in [5.41, 5.74) is 7.84. The Labute approximate surface area is 316 Å². The van der Waals surface area contributed by atoms with Crippen molar-refractivity contribution >= 4 is 52.7 Å². The van der Waals surface area contributed by atoms with Crippen LogP contribution >= 0.6 is 0 Å². The minimum Gasteiger partial charge on any atom is -0.438 e. The molecule has 3 aromatic rings. The number of aromatic nitrogens is 4. The number of primary amides is 1. The lowest BCUT2D eigenvalue weighted by molar-refractivity contribution is -0.125. The van der Waals surface area contributed by atoms with Crippen molar-refractivity contribution in [2.45, 2.75) is 43.4 Å². The highest BCUT2D eigenvalue weighted by molar-refractivity contribution is 6.23. The molecule has 1 spiro atoms. The quantitative estimate of drug-likeness (QED) is 0.262. The monoisotopic (exact) mass is 750 g/mol. The fourth-order valence-electron chi connectivity index (χ4n) is 8.83. The van der Waals surface area contributed by atoms with E-state index in [2.05, 4.69) is 42.0 Å². The first-order valence-corrected chi connectivity index (χ1v) is 18.6. The van der Waals surface area contributed by atoms with Crippen LogP contribution in [0.5, 0.6) is 0 Å². The van der Waals surface area contributed by atoms with Crippen LogP contribution in [0.4, 0.5) is 27.8 Å². The van der Waals surface area contributed by atoms with Crippen LogP contribution in [-0.2, 0) is 16.6 Å². The van der Waals surface area contributed by atoms with Gasteiger partial charge in [-0.25, -0.2) is 14.8 Å². The third kappa shape index (κ3) is 6.19. The molecule has 1 aromatic carbocycles. The zero-order valence-corrected chi connectivity index (χ0v) is 30.4. The van der Waals surface area contributed by atoms with E-state index in [0.29, 0.717) is 73.3 Å². The number of carbonyl (C=O) groups is 5. The van der Waals surface area contributed by atoms with Crippen molar-refractivity contribution in [3.63, 3.8) is 0 Å². The van der Waals surface area contributed by atoms with E-state index in [1.54, 1.807) is 42.5 Å². The van der Waals surface area contributed by atoms with Crippen LogP contribution in [0.3, 0.4) is 0 Å². The molecule has 0 unspecified atom stereocenters. The number of anilines is 4.